The molecule has 1 heterocycles. The summed E-state index contributed by atoms with van der Waals surface area (Å²) in [4.78, 5) is 0. The lowest BCUT2D eigenvalue weighted by molar-refractivity contribution is 0.416. The molecule has 0 aliphatic heterocycles. The number of nitrogens with one attached hydrogen (secondary N) is 1. The molecule has 0 radical (unpaired) electrons. The van der Waals surface area contributed by atoms with Crippen LogP contribution in [0.5, 0.6) is 5.75 Å². The highest BCUT2D eigenvalue weighted by molar-refractivity contribution is 7.71. The van der Waals surface area contributed by atoms with Gasteiger partial charge in [0.25, 0.3) is 0 Å². The van der Waals surface area contributed by atoms with Crippen molar-refractivity contribution >= 4 is 41.6 Å². The van der Waals surface area contributed by atoms with Gasteiger partial charge in [0.1, 0.15) is 5.75 Å². The van der Waals surface area contributed by atoms with Gasteiger partial charge in [0.05, 0.1) is 28.9 Å². The molecule has 0 amide bonds. The molecular weight excluding hydrogens is 367 g/mol. The topological polar surface area (TPSA) is 55.2 Å². The van der Waals surface area contributed by atoms with Crippen molar-refractivity contribution in [3.63, 3.8) is 0 Å². The third-order valence-electron chi connectivity index (χ3n) is 3.30. The molecule has 1 N–H and O–H groups in total. The van der Waals surface area contributed by atoms with Gasteiger partial charge in [-0.3, -0.25) is 0 Å². The zero-order valence-electron chi connectivity index (χ0n) is 12.5. The Morgan fingerprint density at radius 2 is 1.88 bits per heavy atom. The lowest BCUT2D eigenvalue weighted by Crippen LogP contribution is -1.97. The molecule has 3 aromatic rings. The summed E-state index contributed by atoms with van der Waals surface area (Å²) in [6.07, 6.45) is 1.55. The monoisotopic (exact) mass is 378 g/mol. The number of para-hydroxylation sites is 1. The normalized spacial score (nSPS) is 11.1. The van der Waals surface area contributed by atoms with Crippen LogP contribution in [0.4, 0.5) is 0 Å². The van der Waals surface area contributed by atoms with Gasteiger partial charge in [0, 0.05) is 5.56 Å². The molecule has 24 heavy (non-hydrogen) atoms. The minimum Gasteiger partial charge on any atom is -0.496 e. The molecule has 8 heteroatoms. The van der Waals surface area contributed by atoms with E-state index < -0.39 is 0 Å². The molecule has 0 unspecified atom stereocenters. The van der Waals surface area contributed by atoms with Gasteiger partial charge < -0.3 is 4.74 Å². The number of halogens is 2. The summed E-state index contributed by atoms with van der Waals surface area (Å²) < 4.78 is 7.21. The van der Waals surface area contributed by atoms with Crippen LogP contribution in [0, 0.1) is 4.77 Å². The maximum Gasteiger partial charge on any atom is 0.216 e. The summed E-state index contributed by atoms with van der Waals surface area (Å²) in [6.45, 7) is 0. The van der Waals surface area contributed by atoms with E-state index >= 15 is 0 Å². The highest BCUT2D eigenvalue weighted by Crippen LogP contribution is 2.28. The summed E-state index contributed by atoms with van der Waals surface area (Å²) in [7, 11) is 1.59. The Hall–Kier alpha value is -2.15. The summed E-state index contributed by atoms with van der Waals surface area (Å²) in [5, 5.41) is 12.3. The predicted octanol–water partition coefficient (Wildman–Crippen LogP) is 4.81. The van der Waals surface area contributed by atoms with E-state index in [0.29, 0.717) is 32.0 Å². The average Bonchev–Trinajstić information content (AvgIpc) is 2.95. The van der Waals surface area contributed by atoms with Crippen molar-refractivity contribution in [3.05, 3.63) is 62.8 Å². The summed E-state index contributed by atoms with van der Waals surface area (Å²) in [5.74, 6) is 1.19. The van der Waals surface area contributed by atoms with Crippen molar-refractivity contribution in [1.29, 1.82) is 0 Å². The predicted molar refractivity (Wildman–Crippen MR) is 98.9 cm³/mol. The molecule has 0 aliphatic rings. The van der Waals surface area contributed by atoms with Crippen molar-refractivity contribution in [3.8, 4) is 17.1 Å². The van der Waals surface area contributed by atoms with Crippen molar-refractivity contribution in [1.82, 2.24) is 14.9 Å². The third kappa shape index (κ3) is 3.21. The number of benzene rings is 2. The maximum absolute atomic E-state index is 6.16. The van der Waals surface area contributed by atoms with Crippen molar-refractivity contribution in [2.75, 3.05) is 7.11 Å². The Balaban J connectivity index is 2.09. The van der Waals surface area contributed by atoms with Crippen molar-refractivity contribution < 1.29 is 4.74 Å². The third-order valence-corrected chi connectivity index (χ3v) is 4.22. The molecule has 0 bridgehead atoms. The Kier molecular flexibility index (Phi) is 4.99. The van der Waals surface area contributed by atoms with Crippen LogP contribution in [0.3, 0.4) is 0 Å². The Labute approximate surface area is 153 Å². The van der Waals surface area contributed by atoms with E-state index in [1.165, 1.54) is 4.68 Å². The zero-order valence-corrected chi connectivity index (χ0v) is 14.9. The van der Waals surface area contributed by atoms with Crippen LogP contribution in [-0.2, 0) is 0 Å². The van der Waals surface area contributed by atoms with E-state index in [4.69, 9.17) is 40.2 Å². The number of aromatic nitrogens is 3. The smallest absolute Gasteiger partial charge is 0.216 e. The second-order valence-electron chi connectivity index (χ2n) is 4.74. The lowest BCUT2D eigenvalue weighted by atomic mass is 10.2. The number of ether oxygens (including phenoxy) is 1. The molecule has 1 aromatic heterocycles. The fraction of sp³-hybridized carbons (Fsp3) is 0.0625. The van der Waals surface area contributed by atoms with Gasteiger partial charge in [-0.1, -0.05) is 41.4 Å². The van der Waals surface area contributed by atoms with E-state index in [1.807, 2.05) is 24.3 Å². The highest BCUT2D eigenvalue weighted by atomic mass is 35.5. The van der Waals surface area contributed by atoms with Crippen LogP contribution in [0.1, 0.15) is 5.56 Å². The molecule has 0 fully saturated rings. The summed E-state index contributed by atoms with van der Waals surface area (Å²) in [5.41, 5.74) is 1.37. The summed E-state index contributed by atoms with van der Waals surface area (Å²) >= 11 is 17.6. The number of nitrogens with zero attached hydrogens (tertiary/aromatic N) is 3. The number of aromatic amines is 1. The Bertz CT molecular complexity index is 944. The second kappa shape index (κ2) is 7.17. The van der Waals surface area contributed by atoms with Crippen LogP contribution in [0.25, 0.3) is 11.4 Å². The minimum atomic E-state index is 0.343. The number of H-pyrrole nitrogens is 1. The van der Waals surface area contributed by atoms with Crippen molar-refractivity contribution in [2.24, 2.45) is 5.10 Å². The van der Waals surface area contributed by atoms with Gasteiger partial charge in [-0.2, -0.15) is 14.9 Å². The molecule has 5 nitrogen and oxygen atoms in total. The SMILES string of the molecule is COc1ccccc1-c1n[nH]c(=S)n1/N=C/c1c(Cl)cccc1Cl. The van der Waals surface area contributed by atoms with Gasteiger partial charge in [0.2, 0.25) is 4.77 Å². The molecule has 0 spiro atoms. The molecule has 0 aliphatic carbocycles. The first-order chi connectivity index (χ1) is 11.6. The van der Waals surface area contributed by atoms with E-state index in [2.05, 4.69) is 15.3 Å². The van der Waals surface area contributed by atoms with E-state index in [-0.39, 0.29) is 0 Å². The quantitative estimate of drug-likeness (QED) is 0.523. The van der Waals surface area contributed by atoms with Gasteiger partial charge in [-0.25, -0.2) is 5.10 Å². The van der Waals surface area contributed by atoms with Crippen molar-refractivity contribution in [2.45, 2.75) is 0 Å². The molecule has 3 rings (SSSR count). The Morgan fingerprint density at radius 1 is 1.17 bits per heavy atom. The summed E-state index contributed by atoms with van der Waals surface area (Å²) in [6, 6.07) is 12.7. The van der Waals surface area contributed by atoms with E-state index in [0.717, 1.165) is 5.56 Å². The second-order valence-corrected chi connectivity index (χ2v) is 5.95. The van der Waals surface area contributed by atoms with Gasteiger partial charge >= 0.3 is 0 Å². The highest BCUT2D eigenvalue weighted by Gasteiger charge is 2.13. The first kappa shape index (κ1) is 16.7. The fourth-order valence-corrected chi connectivity index (χ4v) is 2.83. The van der Waals surface area contributed by atoms with Gasteiger partial charge in [-0.15, -0.1) is 0 Å². The molecule has 122 valence electrons. The Morgan fingerprint density at radius 3 is 2.58 bits per heavy atom. The first-order valence-corrected chi connectivity index (χ1v) is 8.07. The molecular formula is C16H12Cl2N4OS. The van der Waals surface area contributed by atoms with E-state index in [9.17, 15) is 0 Å². The van der Waals surface area contributed by atoms with Crippen LogP contribution >= 0.6 is 35.4 Å². The van der Waals surface area contributed by atoms with Crippen LogP contribution < -0.4 is 4.74 Å². The van der Waals surface area contributed by atoms with Gasteiger partial charge in [-0.05, 0) is 36.5 Å². The van der Waals surface area contributed by atoms with E-state index in [1.54, 1.807) is 31.5 Å². The van der Waals surface area contributed by atoms with Gasteiger partial charge in [0.15, 0.2) is 5.82 Å². The maximum atomic E-state index is 6.16. The first-order valence-electron chi connectivity index (χ1n) is 6.91. The molecule has 2 aromatic carbocycles. The van der Waals surface area contributed by atoms with Crippen LogP contribution in [-0.4, -0.2) is 28.2 Å². The molecule has 0 saturated heterocycles. The largest absolute Gasteiger partial charge is 0.496 e. The average molecular weight is 379 g/mol. The number of methoxy groups -OCH3 is 1. The zero-order chi connectivity index (χ0) is 17.1. The number of rotatable bonds is 4. The molecule has 0 atom stereocenters. The fourth-order valence-electron chi connectivity index (χ4n) is 2.15. The lowest BCUT2D eigenvalue weighted by Gasteiger charge is -2.07. The standard InChI is InChI=1S/C16H12Cl2N4OS/c1-23-14-8-3-2-5-10(14)15-20-21-16(24)22(15)19-9-11-12(17)6-4-7-13(11)18/h2-9H,1H3,(H,21,24)/b19-9+. The number of hydrogen-bond donors (Lipinski definition) is 1. The minimum absolute atomic E-state index is 0.343. The van der Waals surface area contributed by atoms with Crippen LogP contribution in [0.15, 0.2) is 47.6 Å². The van der Waals surface area contributed by atoms with Crippen LogP contribution in [0.2, 0.25) is 10.0 Å². The number of hydrogen-bond acceptors (Lipinski definition) is 4. The molecule has 0 saturated carbocycles.